The first kappa shape index (κ1) is 11.0. The Morgan fingerprint density at radius 3 is 2.50 bits per heavy atom. The van der Waals surface area contributed by atoms with Gasteiger partial charge in [-0.25, -0.2) is 4.98 Å². The highest BCUT2D eigenvalue weighted by molar-refractivity contribution is 6.32. The minimum Gasteiger partial charge on any atom is -0.399 e. The minimum atomic E-state index is 0.679. The van der Waals surface area contributed by atoms with E-state index in [0.29, 0.717) is 10.7 Å². The van der Waals surface area contributed by atoms with E-state index in [2.05, 4.69) is 4.98 Å². The van der Waals surface area contributed by atoms with Crippen LogP contribution in [0.3, 0.4) is 0 Å². The molecule has 1 aromatic carbocycles. The van der Waals surface area contributed by atoms with Gasteiger partial charge in [0.25, 0.3) is 0 Å². The van der Waals surface area contributed by atoms with Crippen LogP contribution >= 0.6 is 11.6 Å². The highest BCUT2D eigenvalue weighted by atomic mass is 35.5. The van der Waals surface area contributed by atoms with Crippen molar-refractivity contribution in [1.29, 1.82) is 0 Å². The fourth-order valence-electron chi connectivity index (χ4n) is 1.83. The maximum Gasteiger partial charge on any atom is 0.110 e. The van der Waals surface area contributed by atoms with Gasteiger partial charge in [-0.1, -0.05) is 11.6 Å². The summed E-state index contributed by atoms with van der Waals surface area (Å²) in [5.41, 5.74) is 9.46. The van der Waals surface area contributed by atoms with Crippen LogP contribution in [0.5, 0.6) is 0 Å². The molecular weight excluding hydrogens is 222 g/mol. The Morgan fingerprint density at radius 1 is 1.25 bits per heavy atom. The second-order valence-electron chi connectivity index (χ2n) is 3.88. The number of benzene rings is 1. The molecule has 0 aliphatic carbocycles. The van der Waals surface area contributed by atoms with Crippen LogP contribution in [0.2, 0.25) is 5.02 Å². The number of hydrogen-bond acceptors (Lipinski definition) is 2. The Kier molecular flexibility index (Phi) is 2.64. The summed E-state index contributed by atoms with van der Waals surface area (Å²) in [6, 6.07) is 5.46. The number of rotatable bonds is 1. The van der Waals surface area contributed by atoms with Gasteiger partial charge in [-0.2, -0.15) is 0 Å². The third-order valence-electron chi connectivity index (χ3n) is 2.72. The minimum absolute atomic E-state index is 0.679. The molecule has 0 amide bonds. The van der Waals surface area contributed by atoms with Crippen molar-refractivity contribution in [3.8, 4) is 5.69 Å². The summed E-state index contributed by atoms with van der Waals surface area (Å²) < 4.78 is 2.02. The van der Waals surface area contributed by atoms with Crippen LogP contribution in [0, 0.1) is 20.8 Å². The van der Waals surface area contributed by atoms with Gasteiger partial charge >= 0.3 is 0 Å². The zero-order valence-electron chi connectivity index (χ0n) is 9.58. The average molecular weight is 236 g/mol. The molecule has 0 atom stereocenters. The van der Waals surface area contributed by atoms with E-state index in [1.165, 1.54) is 0 Å². The summed E-state index contributed by atoms with van der Waals surface area (Å²) in [5, 5.41) is 0.679. The fourth-order valence-corrected chi connectivity index (χ4v) is 2.04. The second-order valence-corrected chi connectivity index (χ2v) is 4.28. The van der Waals surface area contributed by atoms with Crippen molar-refractivity contribution in [2.75, 3.05) is 5.73 Å². The van der Waals surface area contributed by atoms with Crippen LogP contribution < -0.4 is 5.73 Å². The molecule has 0 aliphatic rings. The zero-order chi connectivity index (χ0) is 11.9. The van der Waals surface area contributed by atoms with Gasteiger partial charge in [-0.15, -0.1) is 0 Å². The quantitative estimate of drug-likeness (QED) is 0.773. The van der Waals surface area contributed by atoms with E-state index >= 15 is 0 Å². The van der Waals surface area contributed by atoms with E-state index in [0.717, 1.165) is 22.9 Å². The van der Waals surface area contributed by atoms with Gasteiger partial charge in [0.1, 0.15) is 5.82 Å². The SMILES string of the molecule is Cc1nc(C)n(-c2cc(N)ccc2Cl)c1C. The number of aromatic nitrogens is 2. The molecule has 0 fully saturated rings. The van der Waals surface area contributed by atoms with E-state index in [1.807, 2.05) is 31.4 Å². The maximum atomic E-state index is 6.18. The molecule has 0 aliphatic heterocycles. The van der Waals surface area contributed by atoms with Crippen molar-refractivity contribution in [3.63, 3.8) is 0 Å². The van der Waals surface area contributed by atoms with Crippen molar-refractivity contribution >= 4 is 17.3 Å². The second kappa shape index (κ2) is 3.83. The summed E-state index contributed by atoms with van der Waals surface area (Å²) in [5.74, 6) is 0.919. The van der Waals surface area contributed by atoms with Gasteiger partial charge in [0.05, 0.1) is 16.4 Å². The predicted octanol–water partition coefficient (Wildman–Crippen LogP) is 3.03. The molecule has 0 saturated heterocycles. The molecule has 2 rings (SSSR count). The largest absolute Gasteiger partial charge is 0.399 e. The van der Waals surface area contributed by atoms with Crippen molar-refractivity contribution in [3.05, 3.63) is 40.4 Å². The van der Waals surface area contributed by atoms with Gasteiger partial charge in [0.15, 0.2) is 0 Å². The normalized spacial score (nSPS) is 10.8. The number of nitrogens with zero attached hydrogens (tertiary/aromatic N) is 2. The van der Waals surface area contributed by atoms with Gasteiger partial charge < -0.3 is 5.73 Å². The number of imidazole rings is 1. The lowest BCUT2D eigenvalue weighted by Gasteiger charge is -2.10. The van der Waals surface area contributed by atoms with Crippen LogP contribution in [0.15, 0.2) is 18.2 Å². The van der Waals surface area contributed by atoms with Crippen LogP contribution in [0.25, 0.3) is 5.69 Å². The first-order chi connectivity index (χ1) is 7.50. The van der Waals surface area contributed by atoms with E-state index in [1.54, 1.807) is 12.1 Å². The summed E-state index contributed by atoms with van der Waals surface area (Å²) in [6.07, 6.45) is 0. The van der Waals surface area contributed by atoms with Crippen LogP contribution in [-0.4, -0.2) is 9.55 Å². The molecule has 84 valence electrons. The summed E-state index contributed by atoms with van der Waals surface area (Å²) in [7, 11) is 0. The van der Waals surface area contributed by atoms with E-state index in [9.17, 15) is 0 Å². The lowest BCUT2D eigenvalue weighted by atomic mass is 10.2. The molecule has 0 bridgehead atoms. The monoisotopic (exact) mass is 235 g/mol. The smallest absolute Gasteiger partial charge is 0.110 e. The Hall–Kier alpha value is -1.48. The van der Waals surface area contributed by atoms with Crippen LogP contribution in [0.1, 0.15) is 17.2 Å². The number of anilines is 1. The molecule has 2 N–H and O–H groups in total. The Bertz CT molecular complexity index is 543. The van der Waals surface area contributed by atoms with E-state index < -0.39 is 0 Å². The Balaban J connectivity index is 2.71. The van der Waals surface area contributed by atoms with Crippen LogP contribution in [-0.2, 0) is 0 Å². The Morgan fingerprint density at radius 2 is 1.94 bits per heavy atom. The van der Waals surface area contributed by atoms with E-state index in [-0.39, 0.29) is 0 Å². The standard InChI is InChI=1S/C12H14ClN3/c1-7-8(2)16(9(3)15-7)12-6-10(14)4-5-11(12)13/h4-6H,14H2,1-3H3. The highest BCUT2D eigenvalue weighted by Crippen LogP contribution is 2.26. The van der Waals surface area contributed by atoms with Gasteiger partial charge in [-0.3, -0.25) is 4.57 Å². The number of halogens is 1. The average Bonchev–Trinajstić information content (AvgIpc) is 2.46. The predicted molar refractivity (Wildman–Crippen MR) is 67.2 cm³/mol. The van der Waals surface area contributed by atoms with E-state index in [4.69, 9.17) is 17.3 Å². The number of nitrogen functional groups attached to an aromatic ring is 1. The number of hydrogen-bond donors (Lipinski definition) is 1. The topological polar surface area (TPSA) is 43.8 Å². The molecule has 0 radical (unpaired) electrons. The molecule has 0 unspecified atom stereocenters. The van der Waals surface area contributed by atoms with Crippen molar-refractivity contribution in [2.45, 2.75) is 20.8 Å². The van der Waals surface area contributed by atoms with Gasteiger partial charge in [0, 0.05) is 11.4 Å². The van der Waals surface area contributed by atoms with Crippen LogP contribution in [0.4, 0.5) is 5.69 Å². The molecule has 2 aromatic rings. The molecule has 0 spiro atoms. The Labute approximate surface area is 99.9 Å². The molecule has 3 nitrogen and oxygen atoms in total. The zero-order valence-corrected chi connectivity index (χ0v) is 10.3. The molecule has 0 saturated carbocycles. The lowest BCUT2D eigenvalue weighted by molar-refractivity contribution is 0.941. The molecule has 4 heteroatoms. The molecule has 1 heterocycles. The third-order valence-corrected chi connectivity index (χ3v) is 3.04. The van der Waals surface area contributed by atoms with Crippen molar-refractivity contribution < 1.29 is 0 Å². The maximum absolute atomic E-state index is 6.18. The first-order valence-corrected chi connectivity index (χ1v) is 5.46. The summed E-state index contributed by atoms with van der Waals surface area (Å²) in [4.78, 5) is 4.42. The first-order valence-electron chi connectivity index (χ1n) is 5.08. The van der Waals surface area contributed by atoms with Gasteiger partial charge in [0.2, 0.25) is 0 Å². The fraction of sp³-hybridized carbons (Fsp3) is 0.250. The molecule has 1 aromatic heterocycles. The number of nitrogens with two attached hydrogens (primary N) is 1. The highest BCUT2D eigenvalue weighted by Gasteiger charge is 2.12. The van der Waals surface area contributed by atoms with Crippen molar-refractivity contribution in [1.82, 2.24) is 9.55 Å². The summed E-state index contributed by atoms with van der Waals surface area (Å²) >= 11 is 6.18. The molecular formula is C12H14ClN3. The van der Waals surface area contributed by atoms with Crippen molar-refractivity contribution in [2.24, 2.45) is 0 Å². The lowest BCUT2D eigenvalue weighted by Crippen LogP contribution is -2.01. The number of aryl methyl sites for hydroxylation is 2. The van der Waals surface area contributed by atoms with Gasteiger partial charge in [-0.05, 0) is 39.0 Å². The third kappa shape index (κ3) is 1.67. The molecule has 16 heavy (non-hydrogen) atoms. The summed E-state index contributed by atoms with van der Waals surface area (Å²) in [6.45, 7) is 5.97.